The Morgan fingerprint density at radius 1 is 1.47 bits per heavy atom. The van der Waals surface area contributed by atoms with E-state index in [9.17, 15) is 4.79 Å². The molecule has 2 rings (SSSR count). The molecule has 0 fully saturated rings. The minimum absolute atomic E-state index is 0.196. The van der Waals surface area contributed by atoms with Crippen LogP contribution in [-0.2, 0) is 6.54 Å². The number of thioether (sulfide) groups is 1. The lowest BCUT2D eigenvalue weighted by molar-refractivity contribution is 0.251. The second-order valence-electron chi connectivity index (χ2n) is 3.91. The molecule has 0 aliphatic rings. The summed E-state index contributed by atoms with van der Waals surface area (Å²) in [6.45, 7) is 1.27. The van der Waals surface area contributed by atoms with Crippen molar-refractivity contribution >= 4 is 23.5 Å². The molecule has 1 aromatic heterocycles. The first-order valence-corrected chi connectivity index (χ1v) is 7.15. The van der Waals surface area contributed by atoms with E-state index < -0.39 is 0 Å². The zero-order valence-corrected chi connectivity index (χ0v) is 11.5. The van der Waals surface area contributed by atoms with Crippen molar-refractivity contribution in [3.63, 3.8) is 0 Å². The summed E-state index contributed by atoms with van der Waals surface area (Å²) in [7, 11) is 0. The van der Waals surface area contributed by atoms with Crippen LogP contribution in [-0.4, -0.2) is 28.4 Å². The normalized spacial score (nSPS) is 10.2. The van der Waals surface area contributed by atoms with Gasteiger partial charge in [0.15, 0.2) is 0 Å². The molecule has 0 spiro atoms. The van der Waals surface area contributed by atoms with Gasteiger partial charge in [-0.15, -0.1) is 11.8 Å². The van der Waals surface area contributed by atoms with E-state index in [0.29, 0.717) is 13.1 Å². The van der Waals surface area contributed by atoms with E-state index >= 15 is 0 Å². The highest BCUT2D eigenvalue weighted by molar-refractivity contribution is 7.98. The molecule has 1 aromatic carbocycles. The van der Waals surface area contributed by atoms with Gasteiger partial charge in [-0.05, 0) is 24.5 Å². The Labute approximate surface area is 116 Å². The smallest absolute Gasteiger partial charge is 0.319 e. The SMILES string of the molecule is CSc1cccc(NC(=O)NCCn2ccnc2)c1. The molecule has 6 heteroatoms. The number of benzene rings is 1. The number of carbonyl (C=O) groups excluding carboxylic acids is 1. The molecule has 2 amide bonds. The van der Waals surface area contributed by atoms with Crippen LogP contribution in [0.2, 0.25) is 0 Å². The number of amides is 2. The van der Waals surface area contributed by atoms with Crippen molar-refractivity contribution in [3.8, 4) is 0 Å². The summed E-state index contributed by atoms with van der Waals surface area (Å²) in [5, 5.41) is 5.61. The average Bonchev–Trinajstić information content (AvgIpc) is 2.92. The van der Waals surface area contributed by atoms with Crippen LogP contribution in [0.4, 0.5) is 10.5 Å². The predicted molar refractivity (Wildman–Crippen MR) is 77.5 cm³/mol. The third kappa shape index (κ3) is 4.33. The number of nitrogens with zero attached hydrogens (tertiary/aromatic N) is 2. The number of anilines is 1. The molecule has 0 atom stereocenters. The predicted octanol–water partition coefficient (Wildman–Crippen LogP) is 2.43. The van der Waals surface area contributed by atoms with Crippen LogP contribution in [0.3, 0.4) is 0 Å². The summed E-state index contributed by atoms with van der Waals surface area (Å²) in [6, 6.07) is 7.55. The summed E-state index contributed by atoms with van der Waals surface area (Å²) in [5.74, 6) is 0. The van der Waals surface area contributed by atoms with Gasteiger partial charge in [-0.25, -0.2) is 9.78 Å². The van der Waals surface area contributed by atoms with Crippen molar-refractivity contribution in [2.24, 2.45) is 0 Å². The van der Waals surface area contributed by atoms with Gasteiger partial charge < -0.3 is 15.2 Å². The maximum absolute atomic E-state index is 11.7. The first-order valence-electron chi connectivity index (χ1n) is 5.92. The van der Waals surface area contributed by atoms with Gasteiger partial charge in [0.05, 0.1) is 6.33 Å². The van der Waals surface area contributed by atoms with Gasteiger partial charge in [0, 0.05) is 36.1 Å². The molecule has 1 heterocycles. The number of nitrogens with one attached hydrogen (secondary N) is 2. The number of hydrogen-bond acceptors (Lipinski definition) is 3. The molecular weight excluding hydrogens is 260 g/mol. The van der Waals surface area contributed by atoms with E-state index in [1.165, 1.54) is 0 Å². The Morgan fingerprint density at radius 3 is 3.11 bits per heavy atom. The molecule has 19 heavy (non-hydrogen) atoms. The van der Waals surface area contributed by atoms with Crippen molar-refractivity contribution < 1.29 is 4.79 Å². The van der Waals surface area contributed by atoms with Gasteiger partial charge in [0.2, 0.25) is 0 Å². The van der Waals surface area contributed by atoms with E-state index in [2.05, 4.69) is 15.6 Å². The summed E-state index contributed by atoms with van der Waals surface area (Å²) in [6.07, 6.45) is 7.31. The molecule has 100 valence electrons. The Morgan fingerprint density at radius 2 is 2.37 bits per heavy atom. The summed E-state index contributed by atoms with van der Waals surface area (Å²) < 4.78 is 1.91. The maximum atomic E-state index is 11.7. The highest BCUT2D eigenvalue weighted by Crippen LogP contribution is 2.18. The van der Waals surface area contributed by atoms with Crippen molar-refractivity contribution in [3.05, 3.63) is 43.0 Å². The number of urea groups is 1. The molecule has 0 aliphatic heterocycles. The lowest BCUT2D eigenvalue weighted by Crippen LogP contribution is -2.31. The van der Waals surface area contributed by atoms with Crippen molar-refractivity contribution in [1.82, 2.24) is 14.9 Å². The quantitative estimate of drug-likeness (QED) is 0.825. The van der Waals surface area contributed by atoms with Crippen molar-refractivity contribution in [2.45, 2.75) is 11.4 Å². The standard InChI is InChI=1S/C13H16N4OS/c1-19-12-4-2-3-11(9-12)16-13(18)15-6-8-17-7-5-14-10-17/h2-5,7,9-10H,6,8H2,1H3,(H2,15,16,18). The Bertz CT molecular complexity index is 527. The van der Waals surface area contributed by atoms with Gasteiger partial charge in [-0.2, -0.15) is 0 Å². The molecule has 0 radical (unpaired) electrons. The van der Waals surface area contributed by atoms with Gasteiger partial charge in [0.25, 0.3) is 0 Å². The highest BCUT2D eigenvalue weighted by Gasteiger charge is 2.01. The number of carbonyl (C=O) groups is 1. The van der Waals surface area contributed by atoms with E-state index in [4.69, 9.17) is 0 Å². The summed E-state index contributed by atoms with van der Waals surface area (Å²) >= 11 is 1.64. The van der Waals surface area contributed by atoms with Gasteiger partial charge in [-0.1, -0.05) is 6.07 Å². The molecule has 5 nitrogen and oxygen atoms in total. The van der Waals surface area contributed by atoms with Crippen LogP contribution in [0.1, 0.15) is 0 Å². The third-order valence-corrected chi connectivity index (χ3v) is 3.27. The van der Waals surface area contributed by atoms with Crippen molar-refractivity contribution in [1.29, 1.82) is 0 Å². The van der Waals surface area contributed by atoms with Crippen LogP contribution in [0, 0.1) is 0 Å². The largest absolute Gasteiger partial charge is 0.336 e. The second kappa shape index (κ2) is 6.84. The molecule has 0 unspecified atom stereocenters. The fourth-order valence-corrected chi connectivity index (χ4v) is 2.05. The zero-order chi connectivity index (χ0) is 13.5. The Balaban J connectivity index is 1.77. The molecular formula is C13H16N4OS. The van der Waals surface area contributed by atoms with Crippen molar-refractivity contribution in [2.75, 3.05) is 18.1 Å². The molecule has 0 aliphatic carbocycles. The third-order valence-electron chi connectivity index (χ3n) is 2.54. The van der Waals surface area contributed by atoms with E-state index in [0.717, 1.165) is 10.6 Å². The van der Waals surface area contributed by atoms with E-state index in [-0.39, 0.29) is 6.03 Å². The molecule has 0 saturated carbocycles. The topological polar surface area (TPSA) is 59.0 Å². The van der Waals surface area contributed by atoms with Crippen LogP contribution >= 0.6 is 11.8 Å². The fourth-order valence-electron chi connectivity index (χ4n) is 1.59. The number of imidazole rings is 1. The average molecular weight is 276 g/mol. The molecule has 2 aromatic rings. The lowest BCUT2D eigenvalue weighted by atomic mass is 10.3. The lowest BCUT2D eigenvalue weighted by Gasteiger charge is -2.08. The van der Waals surface area contributed by atoms with Crippen LogP contribution < -0.4 is 10.6 Å². The highest BCUT2D eigenvalue weighted by atomic mass is 32.2. The van der Waals surface area contributed by atoms with Crippen LogP contribution in [0.25, 0.3) is 0 Å². The minimum atomic E-state index is -0.196. The number of aromatic nitrogens is 2. The number of rotatable bonds is 5. The molecule has 0 saturated heterocycles. The summed E-state index contributed by atoms with van der Waals surface area (Å²) in [4.78, 5) is 16.7. The fraction of sp³-hybridized carbons (Fsp3) is 0.231. The van der Waals surface area contributed by atoms with Gasteiger partial charge in [0.1, 0.15) is 0 Å². The van der Waals surface area contributed by atoms with Crippen LogP contribution in [0.15, 0.2) is 47.9 Å². The number of hydrogen-bond donors (Lipinski definition) is 2. The van der Waals surface area contributed by atoms with Gasteiger partial charge >= 0.3 is 6.03 Å². The monoisotopic (exact) mass is 276 g/mol. The molecule has 0 bridgehead atoms. The van der Waals surface area contributed by atoms with Gasteiger partial charge in [-0.3, -0.25) is 0 Å². The van der Waals surface area contributed by atoms with Crippen LogP contribution in [0.5, 0.6) is 0 Å². The summed E-state index contributed by atoms with van der Waals surface area (Å²) in [5.41, 5.74) is 0.798. The Kier molecular flexibility index (Phi) is 4.85. The van der Waals surface area contributed by atoms with E-state index in [1.807, 2.05) is 41.3 Å². The first-order chi connectivity index (χ1) is 9.28. The first kappa shape index (κ1) is 13.5. The second-order valence-corrected chi connectivity index (χ2v) is 4.79. The minimum Gasteiger partial charge on any atom is -0.336 e. The molecule has 2 N–H and O–H groups in total. The maximum Gasteiger partial charge on any atom is 0.319 e. The Hall–Kier alpha value is -1.95. The van der Waals surface area contributed by atoms with E-state index in [1.54, 1.807) is 24.3 Å². The zero-order valence-electron chi connectivity index (χ0n) is 10.7.